The third kappa shape index (κ3) is 6.98. The highest BCUT2D eigenvalue weighted by molar-refractivity contribution is 6.00. The molecule has 1 aliphatic rings. The lowest BCUT2D eigenvalue weighted by Crippen LogP contribution is -2.47. The highest BCUT2D eigenvalue weighted by atomic mass is 16.5. The van der Waals surface area contributed by atoms with Crippen LogP contribution >= 0.6 is 0 Å². The molecule has 3 aromatic carbocycles. The summed E-state index contributed by atoms with van der Waals surface area (Å²) >= 11 is 0. The summed E-state index contributed by atoms with van der Waals surface area (Å²) in [6.45, 7) is 2.54. The Bertz CT molecular complexity index is 1340. The molecule has 1 heterocycles. The first kappa shape index (κ1) is 28.6. The van der Waals surface area contributed by atoms with Gasteiger partial charge in [0.05, 0.1) is 20.3 Å². The number of amides is 4. The highest BCUT2D eigenvalue weighted by Crippen LogP contribution is 2.32. The maximum atomic E-state index is 13.7. The van der Waals surface area contributed by atoms with Gasteiger partial charge >= 0.3 is 6.03 Å². The maximum Gasteiger partial charge on any atom is 0.315 e. The van der Waals surface area contributed by atoms with Gasteiger partial charge in [0.15, 0.2) is 0 Å². The molecule has 4 N–H and O–H groups in total. The van der Waals surface area contributed by atoms with Crippen molar-refractivity contribution in [2.45, 2.75) is 45.3 Å². The molecule has 1 aliphatic heterocycles. The number of hydrogen-bond acceptors (Lipinski definition) is 5. The number of rotatable bonds is 10. The Morgan fingerprint density at radius 1 is 1.05 bits per heavy atom. The molecule has 0 aliphatic carbocycles. The maximum absolute atomic E-state index is 13.7. The van der Waals surface area contributed by atoms with E-state index >= 15 is 0 Å². The van der Waals surface area contributed by atoms with E-state index in [0.29, 0.717) is 32.4 Å². The summed E-state index contributed by atoms with van der Waals surface area (Å²) in [6.07, 6.45) is 1.48. The zero-order valence-electron chi connectivity index (χ0n) is 22.9. The molecule has 4 amide bonds. The number of aliphatic hydroxyl groups excluding tert-OH is 1. The molecule has 0 saturated heterocycles. The first-order valence-corrected chi connectivity index (χ1v) is 13.5. The van der Waals surface area contributed by atoms with Crippen LogP contribution in [-0.2, 0) is 29.1 Å². The molecule has 210 valence electrons. The van der Waals surface area contributed by atoms with E-state index in [9.17, 15) is 14.4 Å². The Labute approximate surface area is 234 Å². The highest BCUT2D eigenvalue weighted by Gasteiger charge is 2.31. The first-order chi connectivity index (χ1) is 19.4. The number of urea groups is 1. The second-order valence-electron chi connectivity index (χ2n) is 9.62. The minimum Gasteiger partial charge on any atom is -0.497 e. The molecule has 0 radical (unpaired) electrons. The zero-order chi connectivity index (χ0) is 28.5. The van der Waals surface area contributed by atoms with Gasteiger partial charge in [-0.15, -0.1) is 0 Å². The smallest absolute Gasteiger partial charge is 0.315 e. The summed E-state index contributed by atoms with van der Waals surface area (Å²) in [5, 5.41) is 17.2. The lowest BCUT2D eigenvalue weighted by atomic mass is 9.98. The van der Waals surface area contributed by atoms with Crippen molar-refractivity contribution in [3.8, 4) is 16.9 Å². The normalized spacial score (nSPS) is 14.6. The van der Waals surface area contributed by atoms with Crippen molar-refractivity contribution < 1.29 is 24.2 Å². The van der Waals surface area contributed by atoms with Crippen LogP contribution in [0.3, 0.4) is 0 Å². The number of anilines is 1. The van der Waals surface area contributed by atoms with E-state index in [1.54, 1.807) is 18.9 Å². The number of fused-ring (bicyclic) bond motifs is 1. The quantitative estimate of drug-likeness (QED) is 0.311. The summed E-state index contributed by atoms with van der Waals surface area (Å²) in [6, 6.07) is 20.6. The molecule has 4 rings (SSSR count). The van der Waals surface area contributed by atoms with E-state index < -0.39 is 6.04 Å². The number of aryl methyl sites for hydroxylation is 1. The van der Waals surface area contributed by atoms with Crippen molar-refractivity contribution in [3.63, 3.8) is 0 Å². The molecular formula is C31H36N4O5. The number of methoxy groups -OCH3 is 1. The van der Waals surface area contributed by atoms with E-state index in [1.165, 1.54) is 0 Å². The summed E-state index contributed by atoms with van der Waals surface area (Å²) in [5.41, 5.74) is 5.69. The molecule has 0 saturated carbocycles. The van der Waals surface area contributed by atoms with Gasteiger partial charge < -0.3 is 30.7 Å². The van der Waals surface area contributed by atoms with E-state index in [0.717, 1.165) is 39.3 Å². The molecule has 0 fully saturated rings. The van der Waals surface area contributed by atoms with E-state index in [1.807, 2.05) is 66.7 Å². The van der Waals surface area contributed by atoms with Gasteiger partial charge in [0, 0.05) is 25.2 Å². The standard InChI is InChI=1S/C31H36N4O5/c1-3-29(37)34-27-14-12-23-18-25(40-2)13-15-28(23)35(30(27)38)20-21-8-10-22(11-9-21)26-7-5-4-6-24(26)19-33-31(39)32-16-17-36/h4-11,13,15,18,27,36H,3,12,14,16-17,19-20H2,1-2H3,(H,34,37)(H2,32,33,39)/t27-/m1/s1. The Hall–Kier alpha value is -4.37. The molecule has 0 aromatic heterocycles. The van der Waals surface area contributed by atoms with Gasteiger partial charge in [-0.05, 0) is 58.9 Å². The number of ether oxygens (including phenoxy) is 1. The van der Waals surface area contributed by atoms with Crippen LogP contribution in [0.1, 0.15) is 36.5 Å². The molecule has 0 spiro atoms. The van der Waals surface area contributed by atoms with Gasteiger partial charge in [0.2, 0.25) is 11.8 Å². The largest absolute Gasteiger partial charge is 0.497 e. The predicted molar refractivity (Wildman–Crippen MR) is 154 cm³/mol. The van der Waals surface area contributed by atoms with E-state index in [2.05, 4.69) is 16.0 Å². The van der Waals surface area contributed by atoms with Crippen LogP contribution in [0.2, 0.25) is 0 Å². The zero-order valence-corrected chi connectivity index (χ0v) is 22.9. The molecule has 1 atom stereocenters. The third-order valence-electron chi connectivity index (χ3n) is 6.96. The minimum absolute atomic E-state index is 0.118. The van der Waals surface area contributed by atoms with Crippen LogP contribution in [0.25, 0.3) is 11.1 Å². The van der Waals surface area contributed by atoms with Crippen LogP contribution in [0, 0.1) is 0 Å². The van der Waals surface area contributed by atoms with Gasteiger partial charge in [-0.2, -0.15) is 0 Å². The van der Waals surface area contributed by atoms with Crippen LogP contribution in [0.15, 0.2) is 66.7 Å². The van der Waals surface area contributed by atoms with E-state index in [4.69, 9.17) is 9.84 Å². The molecule has 0 unspecified atom stereocenters. The van der Waals surface area contributed by atoms with Crippen molar-refractivity contribution in [2.75, 3.05) is 25.2 Å². The fraction of sp³-hybridized carbons (Fsp3) is 0.323. The lowest BCUT2D eigenvalue weighted by Gasteiger charge is -2.26. The SMILES string of the molecule is CCC(=O)N[C@@H]1CCc2cc(OC)ccc2N(Cc2ccc(-c3ccccc3CNC(=O)NCCO)cc2)C1=O. The Balaban J connectivity index is 1.56. The van der Waals surface area contributed by atoms with Crippen molar-refractivity contribution in [3.05, 3.63) is 83.4 Å². The van der Waals surface area contributed by atoms with Gasteiger partial charge in [-0.1, -0.05) is 55.5 Å². The van der Waals surface area contributed by atoms with E-state index in [-0.39, 0.29) is 31.0 Å². The Morgan fingerprint density at radius 2 is 1.82 bits per heavy atom. The predicted octanol–water partition coefficient (Wildman–Crippen LogP) is 3.53. The van der Waals surface area contributed by atoms with Crippen molar-refractivity contribution in [1.29, 1.82) is 0 Å². The van der Waals surface area contributed by atoms with Gasteiger partial charge in [-0.25, -0.2) is 4.79 Å². The monoisotopic (exact) mass is 544 g/mol. The van der Waals surface area contributed by atoms with Gasteiger partial charge in [-0.3, -0.25) is 9.59 Å². The topological polar surface area (TPSA) is 120 Å². The molecule has 9 nitrogen and oxygen atoms in total. The number of carbonyl (C=O) groups is 3. The second kappa shape index (κ2) is 13.6. The van der Waals surface area contributed by atoms with Crippen LogP contribution in [0.4, 0.5) is 10.5 Å². The average Bonchev–Trinajstić information content (AvgIpc) is 3.11. The van der Waals surface area contributed by atoms with Crippen LogP contribution < -0.4 is 25.6 Å². The van der Waals surface area contributed by atoms with Crippen molar-refractivity contribution >= 4 is 23.5 Å². The fourth-order valence-electron chi connectivity index (χ4n) is 4.81. The summed E-state index contributed by atoms with van der Waals surface area (Å²) in [4.78, 5) is 39.5. The summed E-state index contributed by atoms with van der Waals surface area (Å²) in [7, 11) is 1.62. The number of carbonyl (C=O) groups excluding carboxylic acids is 3. The minimum atomic E-state index is -0.598. The molecule has 9 heteroatoms. The Morgan fingerprint density at radius 3 is 2.55 bits per heavy atom. The average molecular weight is 545 g/mol. The number of benzene rings is 3. The number of nitrogens with one attached hydrogen (secondary N) is 3. The second-order valence-corrected chi connectivity index (χ2v) is 9.62. The fourth-order valence-corrected chi connectivity index (χ4v) is 4.81. The number of aliphatic hydroxyl groups is 1. The van der Waals surface area contributed by atoms with Gasteiger partial charge in [0.1, 0.15) is 11.8 Å². The number of nitrogens with zero attached hydrogens (tertiary/aromatic N) is 1. The number of hydrogen-bond donors (Lipinski definition) is 4. The van der Waals surface area contributed by atoms with Gasteiger partial charge in [0.25, 0.3) is 0 Å². The summed E-state index contributed by atoms with van der Waals surface area (Å²) < 4.78 is 5.41. The van der Waals surface area contributed by atoms with Crippen molar-refractivity contribution in [1.82, 2.24) is 16.0 Å². The molecule has 3 aromatic rings. The third-order valence-corrected chi connectivity index (χ3v) is 6.96. The molecule has 40 heavy (non-hydrogen) atoms. The van der Waals surface area contributed by atoms with Crippen LogP contribution in [0.5, 0.6) is 5.75 Å². The Kier molecular flexibility index (Phi) is 9.75. The molecular weight excluding hydrogens is 508 g/mol. The van der Waals surface area contributed by atoms with Crippen molar-refractivity contribution in [2.24, 2.45) is 0 Å². The molecule has 0 bridgehead atoms. The first-order valence-electron chi connectivity index (χ1n) is 13.5. The lowest BCUT2D eigenvalue weighted by molar-refractivity contribution is -0.127. The van der Waals surface area contributed by atoms with Crippen LogP contribution in [-0.4, -0.2) is 49.3 Å². The summed E-state index contributed by atoms with van der Waals surface area (Å²) in [5.74, 6) is 0.446.